The Hall–Kier alpha value is -1.44. The lowest BCUT2D eigenvalue weighted by Crippen LogP contribution is -2.22. The average molecular weight is 331 g/mol. The van der Waals surface area contributed by atoms with Gasteiger partial charge < -0.3 is 10.4 Å². The zero-order chi connectivity index (χ0) is 14.5. The van der Waals surface area contributed by atoms with Gasteiger partial charge in [-0.25, -0.2) is 9.78 Å². The Kier molecular flexibility index (Phi) is 5.11. The molecule has 0 aliphatic heterocycles. The smallest absolute Gasteiger partial charge is 0.355 e. The van der Waals surface area contributed by atoms with E-state index in [0.717, 1.165) is 4.88 Å². The van der Waals surface area contributed by atoms with Gasteiger partial charge >= 0.3 is 5.97 Å². The van der Waals surface area contributed by atoms with Gasteiger partial charge in [0.1, 0.15) is 5.01 Å². The second kappa shape index (κ2) is 6.83. The Morgan fingerprint density at radius 2 is 2.15 bits per heavy atom. The summed E-state index contributed by atoms with van der Waals surface area (Å²) in [5, 5.41) is 16.0. The lowest BCUT2D eigenvalue weighted by molar-refractivity contribution is -0.121. The van der Waals surface area contributed by atoms with Crippen LogP contribution in [0.3, 0.4) is 0 Å². The molecule has 0 unspecified atom stereocenters. The fourth-order valence-electron chi connectivity index (χ4n) is 1.47. The Morgan fingerprint density at radius 1 is 1.35 bits per heavy atom. The monoisotopic (exact) mass is 330 g/mol. The van der Waals surface area contributed by atoms with E-state index in [-0.39, 0.29) is 18.1 Å². The van der Waals surface area contributed by atoms with Crippen molar-refractivity contribution in [3.63, 3.8) is 0 Å². The van der Waals surface area contributed by atoms with E-state index in [1.165, 1.54) is 28.1 Å². The van der Waals surface area contributed by atoms with E-state index in [2.05, 4.69) is 10.3 Å². The van der Waals surface area contributed by atoms with Crippen molar-refractivity contribution in [2.24, 2.45) is 0 Å². The quantitative estimate of drug-likeness (QED) is 0.853. The molecule has 0 spiro atoms. The molecule has 5 nitrogen and oxygen atoms in total. The molecule has 1 amide bonds. The van der Waals surface area contributed by atoms with E-state index in [4.69, 9.17) is 16.7 Å². The number of thiazole rings is 1. The number of nitrogens with one attached hydrogen (secondary N) is 1. The van der Waals surface area contributed by atoms with Crippen LogP contribution in [0.1, 0.15) is 26.8 Å². The maximum atomic E-state index is 11.7. The first kappa shape index (κ1) is 15.0. The van der Waals surface area contributed by atoms with Crippen LogP contribution < -0.4 is 5.32 Å². The highest BCUT2D eigenvalue weighted by Gasteiger charge is 2.09. The van der Waals surface area contributed by atoms with Gasteiger partial charge in [0, 0.05) is 22.1 Å². The van der Waals surface area contributed by atoms with Gasteiger partial charge in [-0.1, -0.05) is 11.6 Å². The van der Waals surface area contributed by atoms with Crippen molar-refractivity contribution < 1.29 is 14.7 Å². The number of carbonyl (C=O) groups is 2. The molecule has 0 saturated heterocycles. The predicted molar refractivity (Wildman–Crippen MR) is 78.6 cm³/mol. The minimum atomic E-state index is -1.06. The highest BCUT2D eigenvalue weighted by molar-refractivity contribution is 7.10. The number of nitrogens with zero attached hydrogens (tertiary/aromatic N) is 1. The maximum absolute atomic E-state index is 11.7. The summed E-state index contributed by atoms with van der Waals surface area (Å²) in [5.41, 5.74) is 0.00692. The first-order valence-corrected chi connectivity index (χ1v) is 7.85. The summed E-state index contributed by atoms with van der Waals surface area (Å²) in [4.78, 5) is 27.3. The van der Waals surface area contributed by atoms with Crippen LogP contribution in [0.5, 0.6) is 0 Å². The number of halogens is 1. The number of amides is 1. The molecule has 0 aromatic carbocycles. The molecule has 0 aliphatic rings. The SMILES string of the molecule is O=C(CCc1cc(Cl)cs1)NCc1nc(C(=O)O)cs1. The number of hydrogen-bond acceptors (Lipinski definition) is 5. The third kappa shape index (κ3) is 4.29. The number of thiophene rings is 1. The highest BCUT2D eigenvalue weighted by Crippen LogP contribution is 2.20. The van der Waals surface area contributed by atoms with Crippen LogP contribution in [0.2, 0.25) is 5.02 Å². The van der Waals surface area contributed by atoms with Crippen LogP contribution >= 0.6 is 34.3 Å². The Balaban J connectivity index is 1.75. The zero-order valence-corrected chi connectivity index (χ0v) is 12.6. The number of carbonyl (C=O) groups excluding carboxylic acids is 1. The molecule has 20 heavy (non-hydrogen) atoms. The van der Waals surface area contributed by atoms with E-state index < -0.39 is 5.97 Å². The number of rotatable bonds is 6. The van der Waals surface area contributed by atoms with Crippen molar-refractivity contribution in [1.29, 1.82) is 0 Å². The highest BCUT2D eigenvalue weighted by atomic mass is 35.5. The molecular weight excluding hydrogens is 320 g/mol. The van der Waals surface area contributed by atoms with Crippen LogP contribution in [0, 0.1) is 0 Å². The van der Waals surface area contributed by atoms with Crippen molar-refractivity contribution in [1.82, 2.24) is 10.3 Å². The third-order valence-corrected chi connectivity index (χ3v) is 4.62. The maximum Gasteiger partial charge on any atom is 0.355 e. The van der Waals surface area contributed by atoms with Gasteiger partial charge in [0.05, 0.1) is 11.6 Å². The van der Waals surface area contributed by atoms with E-state index in [9.17, 15) is 9.59 Å². The van der Waals surface area contributed by atoms with Crippen LogP contribution in [-0.2, 0) is 17.8 Å². The summed E-state index contributed by atoms with van der Waals surface area (Å²) in [6.07, 6.45) is 1.01. The van der Waals surface area contributed by atoms with Crippen LogP contribution in [0.4, 0.5) is 0 Å². The van der Waals surface area contributed by atoms with Gasteiger partial charge in [0.15, 0.2) is 5.69 Å². The molecule has 0 saturated carbocycles. The molecule has 0 radical (unpaired) electrons. The summed E-state index contributed by atoms with van der Waals surface area (Å²) >= 11 is 8.54. The minimum Gasteiger partial charge on any atom is -0.476 e. The zero-order valence-electron chi connectivity index (χ0n) is 10.3. The van der Waals surface area contributed by atoms with Crippen molar-refractivity contribution in [2.45, 2.75) is 19.4 Å². The van der Waals surface area contributed by atoms with Crippen LogP contribution in [0.25, 0.3) is 0 Å². The number of aromatic nitrogens is 1. The third-order valence-electron chi connectivity index (χ3n) is 2.43. The average Bonchev–Trinajstić information content (AvgIpc) is 3.03. The topological polar surface area (TPSA) is 79.3 Å². The molecule has 0 fully saturated rings. The lowest BCUT2D eigenvalue weighted by Gasteiger charge is -2.01. The van der Waals surface area contributed by atoms with Gasteiger partial charge in [-0.3, -0.25) is 4.79 Å². The first-order chi connectivity index (χ1) is 9.54. The van der Waals surface area contributed by atoms with E-state index >= 15 is 0 Å². The Morgan fingerprint density at radius 3 is 2.75 bits per heavy atom. The number of hydrogen-bond donors (Lipinski definition) is 2. The van der Waals surface area contributed by atoms with Crippen molar-refractivity contribution in [3.8, 4) is 0 Å². The summed E-state index contributed by atoms with van der Waals surface area (Å²) in [5.74, 6) is -1.16. The van der Waals surface area contributed by atoms with Gasteiger partial charge in [-0.05, 0) is 12.5 Å². The summed E-state index contributed by atoms with van der Waals surface area (Å²) < 4.78 is 0. The first-order valence-electron chi connectivity index (χ1n) is 5.72. The van der Waals surface area contributed by atoms with Crippen molar-refractivity contribution in [3.05, 3.63) is 37.4 Å². The van der Waals surface area contributed by atoms with Gasteiger partial charge in [-0.15, -0.1) is 22.7 Å². The van der Waals surface area contributed by atoms with Crippen molar-refractivity contribution >= 4 is 46.2 Å². The van der Waals surface area contributed by atoms with Crippen molar-refractivity contribution in [2.75, 3.05) is 0 Å². The van der Waals surface area contributed by atoms with Crippen LogP contribution in [-0.4, -0.2) is 22.0 Å². The standard InChI is InChI=1S/C12H11ClN2O3S2/c13-7-3-8(19-5-7)1-2-10(16)14-4-11-15-9(6-20-11)12(17)18/h3,5-6H,1-2,4H2,(H,14,16)(H,17,18). The Bertz CT molecular complexity index is 624. The molecule has 2 heterocycles. The molecule has 0 aliphatic carbocycles. The molecule has 8 heteroatoms. The number of aromatic carboxylic acids is 1. The second-order valence-corrected chi connectivity index (χ2v) is 6.31. The largest absolute Gasteiger partial charge is 0.476 e. The van der Waals surface area contributed by atoms with Gasteiger partial charge in [0.25, 0.3) is 0 Å². The fraction of sp³-hybridized carbons (Fsp3) is 0.250. The van der Waals surface area contributed by atoms with E-state index in [0.29, 0.717) is 22.9 Å². The fourth-order valence-corrected chi connectivity index (χ4v) is 3.26. The molecule has 2 aromatic heterocycles. The molecule has 2 N–H and O–H groups in total. The molecule has 0 atom stereocenters. The number of carboxylic acid groups (broad SMARTS) is 1. The minimum absolute atomic E-state index is 0.00692. The summed E-state index contributed by atoms with van der Waals surface area (Å²) in [7, 11) is 0. The van der Waals surface area contributed by atoms with Crippen LogP contribution in [0.15, 0.2) is 16.8 Å². The van der Waals surface area contributed by atoms with Gasteiger partial charge in [0.2, 0.25) is 5.91 Å². The summed E-state index contributed by atoms with van der Waals surface area (Å²) in [6.45, 7) is 0.252. The summed E-state index contributed by atoms with van der Waals surface area (Å²) in [6, 6.07) is 1.85. The molecule has 2 rings (SSSR count). The van der Waals surface area contributed by atoms with E-state index in [1.807, 2.05) is 11.4 Å². The number of carboxylic acids is 1. The Labute approximate surface area is 128 Å². The molecule has 2 aromatic rings. The number of aryl methyl sites for hydroxylation is 1. The van der Waals surface area contributed by atoms with Gasteiger partial charge in [-0.2, -0.15) is 0 Å². The van der Waals surface area contributed by atoms with E-state index in [1.54, 1.807) is 0 Å². The second-order valence-electron chi connectivity index (χ2n) is 3.94. The normalized spacial score (nSPS) is 10.4. The lowest BCUT2D eigenvalue weighted by atomic mass is 10.2. The molecule has 0 bridgehead atoms. The molecular formula is C12H11ClN2O3S2. The molecule has 106 valence electrons. The predicted octanol–water partition coefficient (Wildman–Crippen LogP) is 2.81.